The second-order valence-electron chi connectivity index (χ2n) is 6.45. The van der Waals surface area contributed by atoms with E-state index in [4.69, 9.17) is 11.6 Å². The third kappa shape index (κ3) is 2.24. The molecular weight excluding hydrogens is 244 g/mol. The van der Waals surface area contributed by atoms with E-state index >= 15 is 0 Å². The first-order valence-electron chi connectivity index (χ1n) is 6.52. The van der Waals surface area contributed by atoms with E-state index < -0.39 is 0 Å². The van der Waals surface area contributed by atoms with Crippen LogP contribution in [0.15, 0.2) is 18.2 Å². The number of rotatable bonds is 1. The standard InChI is InChI=1S/C15H23ClN2/c1-11-12(16)7-6-8-13(11)18-14(2,3)9-17-10-15(18,4)5/h6-8,17H,9-10H2,1-5H3. The van der Waals surface area contributed by atoms with Gasteiger partial charge in [-0.2, -0.15) is 0 Å². The van der Waals surface area contributed by atoms with E-state index in [2.05, 4.69) is 50.9 Å². The predicted molar refractivity (Wildman–Crippen MR) is 79.7 cm³/mol. The number of nitrogens with one attached hydrogen (secondary N) is 1. The summed E-state index contributed by atoms with van der Waals surface area (Å²) in [4.78, 5) is 2.51. The summed E-state index contributed by atoms with van der Waals surface area (Å²) in [6, 6.07) is 6.18. The van der Waals surface area contributed by atoms with Crippen molar-refractivity contribution in [2.45, 2.75) is 45.7 Å². The largest absolute Gasteiger partial charge is 0.358 e. The minimum absolute atomic E-state index is 0.0805. The molecule has 0 unspecified atom stereocenters. The van der Waals surface area contributed by atoms with Gasteiger partial charge < -0.3 is 10.2 Å². The fraction of sp³-hybridized carbons (Fsp3) is 0.600. The molecule has 1 aliphatic rings. The predicted octanol–water partition coefficient (Wildman–Crippen LogP) is 3.62. The van der Waals surface area contributed by atoms with Gasteiger partial charge in [0.1, 0.15) is 0 Å². The Kier molecular flexibility index (Phi) is 3.37. The molecular formula is C15H23ClN2. The number of anilines is 1. The van der Waals surface area contributed by atoms with Gasteiger partial charge in [0.2, 0.25) is 0 Å². The number of piperazine rings is 1. The maximum Gasteiger partial charge on any atom is 0.0476 e. The van der Waals surface area contributed by atoms with Crippen LogP contribution in [0, 0.1) is 6.92 Å². The minimum Gasteiger partial charge on any atom is -0.358 e. The van der Waals surface area contributed by atoms with Crippen LogP contribution in [0.1, 0.15) is 33.3 Å². The number of hydrogen-bond donors (Lipinski definition) is 1. The average Bonchev–Trinajstić information content (AvgIpc) is 2.22. The summed E-state index contributed by atoms with van der Waals surface area (Å²) in [5.74, 6) is 0. The molecule has 0 spiro atoms. The summed E-state index contributed by atoms with van der Waals surface area (Å²) in [5.41, 5.74) is 2.58. The van der Waals surface area contributed by atoms with E-state index in [0.29, 0.717) is 0 Å². The van der Waals surface area contributed by atoms with E-state index in [1.165, 1.54) is 11.3 Å². The molecule has 2 nitrogen and oxygen atoms in total. The highest BCUT2D eigenvalue weighted by atomic mass is 35.5. The van der Waals surface area contributed by atoms with Crippen molar-refractivity contribution < 1.29 is 0 Å². The summed E-state index contributed by atoms with van der Waals surface area (Å²) < 4.78 is 0. The van der Waals surface area contributed by atoms with Gasteiger partial charge in [0, 0.05) is 34.9 Å². The minimum atomic E-state index is 0.0805. The van der Waals surface area contributed by atoms with Gasteiger partial charge >= 0.3 is 0 Å². The number of nitrogens with zero attached hydrogens (tertiary/aromatic N) is 1. The number of benzene rings is 1. The number of halogens is 1. The van der Waals surface area contributed by atoms with E-state index in [1.807, 2.05) is 12.1 Å². The van der Waals surface area contributed by atoms with Crippen molar-refractivity contribution >= 4 is 17.3 Å². The van der Waals surface area contributed by atoms with Crippen LogP contribution in [0.2, 0.25) is 5.02 Å². The molecule has 1 aromatic carbocycles. The first-order valence-corrected chi connectivity index (χ1v) is 6.90. The van der Waals surface area contributed by atoms with Crippen LogP contribution >= 0.6 is 11.6 Å². The molecule has 2 rings (SSSR count). The van der Waals surface area contributed by atoms with Gasteiger partial charge in [0.15, 0.2) is 0 Å². The molecule has 0 radical (unpaired) electrons. The maximum atomic E-state index is 6.28. The van der Waals surface area contributed by atoms with Crippen LogP contribution in [0.3, 0.4) is 0 Å². The van der Waals surface area contributed by atoms with E-state index in [-0.39, 0.29) is 11.1 Å². The lowest BCUT2D eigenvalue weighted by Crippen LogP contribution is -2.68. The first kappa shape index (κ1) is 13.7. The SMILES string of the molecule is Cc1c(Cl)cccc1N1C(C)(C)CNCC1(C)C. The van der Waals surface area contributed by atoms with Crippen molar-refractivity contribution in [1.82, 2.24) is 5.32 Å². The van der Waals surface area contributed by atoms with Gasteiger partial charge in [-0.05, 0) is 52.3 Å². The van der Waals surface area contributed by atoms with Gasteiger partial charge in [-0.15, -0.1) is 0 Å². The Morgan fingerprint density at radius 1 is 1.11 bits per heavy atom. The van der Waals surface area contributed by atoms with E-state index in [1.54, 1.807) is 0 Å². The Balaban J connectivity index is 2.54. The third-order valence-corrected chi connectivity index (χ3v) is 4.22. The molecule has 0 saturated carbocycles. The topological polar surface area (TPSA) is 15.3 Å². The quantitative estimate of drug-likeness (QED) is 0.835. The normalized spacial score (nSPS) is 22.0. The zero-order valence-corrected chi connectivity index (χ0v) is 12.7. The van der Waals surface area contributed by atoms with Gasteiger partial charge in [0.25, 0.3) is 0 Å². The maximum absolute atomic E-state index is 6.28. The molecule has 0 aliphatic carbocycles. The molecule has 100 valence electrons. The molecule has 3 heteroatoms. The van der Waals surface area contributed by atoms with Crippen molar-refractivity contribution in [3.05, 3.63) is 28.8 Å². The van der Waals surface area contributed by atoms with Crippen LogP contribution in [-0.4, -0.2) is 24.2 Å². The zero-order valence-electron chi connectivity index (χ0n) is 12.0. The summed E-state index contributed by atoms with van der Waals surface area (Å²) >= 11 is 6.28. The van der Waals surface area contributed by atoms with Crippen LogP contribution in [-0.2, 0) is 0 Å². The van der Waals surface area contributed by atoms with Crippen molar-refractivity contribution in [3.8, 4) is 0 Å². The van der Waals surface area contributed by atoms with Crippen molar-refractivity contribution in [1.29, 1.82) is 0 Å². The molecule has 1 N–H and O–H groups in total. The van der Waals surface area contributed by atoms with Crippen molar-refractivity contribution in [2.24, 2.45) is 0 Å². The second kappa shape index (κ2) is 4.43. The summed E-state index contributed by atoms with van der Waals surface area (Å²) in [6.45, 7) is 13.2. The summed E-state index contributed by atoms with van der Waals surface area (Å²) in [5, 5.41) is 4.37. The Morgan fingerprint density at radius 3 is 2.22 bits per heavy atom. The highest BCUT2D eigenvalue weighted by molar-refractivity contribution is 6.31. The Labute approximate surface area is 115 Å². The molecule has 0 bridgehead atoms. The van der Waals surface area contributed by atoms with Gasteiger partial charge in [-0.1, -0.05) is 17.7 Å². The molecule has 18 heavy (non-hydrogen) atoms. The Bertz CT molecular complexity index is 436. The Hall–Kier alpha value is -0.730. The molecule has 0 atom stereocenters. The van der Waals surface area contributed by atoms with Crippen LogP contribution in [0.25, 0.3) is 0 Å². The second-order valence-corrected chi connectivity index (χ2v) is 6.85. The van der Waals surface area contributed by atoms with Crippen LogP contribution in [0.5, 0.6) is 0 Å². The van der Waals surface area contributed by atoms with Crippen LogP contribution < -0.4 is 10.2 Å². The molecule has 1 aromatic rings. The zero-order chi connectivity index (χ0) is 13.6. The third-order valence-electron chi connectivity index (χ3n) is 3.81. The van der Waals surface area contributed by atoms with Gasteiger partial charge in [-0.3, -0.25) is 0 Å². The summed E-state index contributed by atoms with van der Waals surface area (Å²) in [7, 11) is 0. The lowest BCUT2D eigenvalue weighted by atomic mass is 9.87. The molecule has 1 aliphatic heterocycles. The number of hydrogen-bond acceptors (Lipinski definition) is 2. The van der Waals surface area contributed by atoms with Crippen molar-refractivity contribution in [3.63, 3.8) is 0 Å². The molecule has 1 fully saturated rings. The van der Waals surface area contributed by atoms with E-state index in [9.17, 15) is 0 Å². The Morgan fingerprint density at radius 2 is 1.67 bits per heavy atom. The first-order chi connectivity index (χ1) is 8.26. The lowest BCUT2D eigenvalue weighted by molar-refractivity contribution is 0.263. The van der Waals surface area contributed by atoms with Crippen LogP contribution in [0.4, 0.5) is 5.69 Å². The fourth-order valence-electron chi connectivity index (χ4n) is 3.14. The van der Waals surface area contributed by atoms with Gasteiger partial charge in [0.05, 0.1) is 0 Å². The molecule has 0 amide bonds. The average molecular weight is 267 g/mol. The lowest BCUT2D eigenvalue weighted by Gasteiger charge is -2.55. The van der Waals surface area contributed by atoms with Crippen molar-refractivity contribution in [2.75, 3.05) is 18.0 Å². The highest BCUT2D eigenvalue weighted by Gasteiger charge is 2.41. The highest BCUT2D eigenvalue weighted by Crippen LogP contribution is 2.38. The molecule has 0 aromatic heterocycles. The monoisotopic (exact) mass is 266 g/mol. The molecule has 1 heterocycles. The molecule has 1 saturated heterocycles. The fourth-order valence-corrected chi connectivity index (χ4v) is 3.31. The van der Waals surface area contributed by atoms with Gasteiger partial charge in [-0.25, -0.2) is 0 Å². The summed E-state index contributed by atoms with van der Waals surface area (Å²) in [6.07, 6.45) is 0. The van der Waals surface area contributed by atoms with E-state index in [0.717, 1.165) is 18.1 Å². The smallest absolute Gasteiger partial charge is 0.0476 e.